The molecule has 2 aromatic rings. The highest BCUT2D eigenvalue weighted by Gasteiger charge is 2.06. The van der Waals surface area contributed by atoms with Crippen LogP contribution in [0, 0.1) is 0 Å². The number of aromatic nitrogens is 1. The lowest BCUT2D eigenvalue weighted by Crippen LogP contribution is -2.40. The number of carbonyl (C=O) groups is 1. The number of benzene rings is 1. The van der Waals surface area contributed by atoms with Crippen molar-refractivity contribution in [3.05, 3.63) is 64.9 Å². The maximum Gasteiger partial charge on any atom is 0.305 e. The molecule has 0 fully saturated rings. The van der Waals surface area contributed by atoms with Crippen LogP contribution in [0.3, 0.4) is 0 Å². The van der Waals surface area contributed by atoms with Gasteiger partial charge in [-0.15, -0.1) is 0 Å². The van der Waals surface area contributed by atoms with Crippen LogP contribution in [-0.2, 0) is 11.3 Å². The van der Waals surface area contributed by atoms with Crippen molar-refractivity contribution in [1.82, 2.24) is 5.43 Å². The molecule has 2 rings (SSSR count). The SMILES string of the molecule is O=C(C[n+]1ccccc1)N/N=C\c1ccccc1Br. The molecule has 0 aliphatic rings. The zero-order valence-electron chi connectivity index (χ0n) is 10.2. The third-order valence-corrected chi connectivity index (χ3v) is 3.12. The molecule has 1 N–H and O–H groups in total. The van der Waals surface area contributed by atoms with Gasteiger partial charge in [0, 0.05) is 22.2 Å². The molecule has 0 aliphatic heterocycles. The Bertz CT molecular complexity index is 584. The highest BCUT2D eigenvalue weighted by Crippen LogP contribution is 2.13. The van der Waals surface area contributed by atoms with Crippen molar-refractivity contribution in [3.63, 3.8) is 0 Å². The zero-order valence-corrected chi connectivity index (χ0v) is 11.7. The maximum absolute atomic E-state index is 11.6. The highest BCUT2D eigenvalue weighted by molar-refractivity contribution is 9.10. The molecule has 5 heteroatoms. The summed E-state index contributed by atoms with van der Waals surface area (Å²) in [6.45, 7) is 0.244. The van der Waals surface area contributed by atoms with Crippen LogP contribution in [0.15, 0.2) is 64.4 Å². The molecule has 0 spiro atoms. The summed E-state index contributed by atoms with van der Waals surface area (Å²) >= 11 is 3.41. The van der Waals surface area contributed by atoms with Gasteiger partial charge in [-0.2, -0.15) is 9.67 Å². The summed E-state index contributed by atoms with van der Waals surface area (Å²) in [5.41, 5.74) is 3.41. The van der Waals surface area contributed by atoms with Gasteiger partial charge >= 0.3 is 5.91 Å². The Kier molecular flexibility index (Phi) is 4.80. The Morgan fingerprint density at radius 3 is 2.68 bits per heavy atom. The van der Waals surface area contributed by atoms with Gasteiger partial charge in [0.1, 0.15) is 0 Å². The van der Waals surface area contributed by atoms with Gasteiger partial charge in [-0.3, -0.25) is 4.79 Å². The van der Waals surface area contributed by atoms with E-state index in [9.17, 15) is 4.79 Å². The molecule has 0 radical (unpaired) electrons. The largest absolute Gasteiger partial charge is 0.305 e. The molecule has 1 heterocycles. The predicted octanol–water partition coefficient (Wildman–Crippen LogP) is 1.89. The zero-order chi connectivity index (χ0) is 13.5. The lowest BCUT2D eigenvalue weighted by Gasteiger charge is -1.98. The number of amides is 1. The van der Waals surface area contributed by atoms with Crippen molar-refractivity contribution < 1.29 is 9.36 Å². The normalized spacial score (nSPS) is 10.6. The third-order valence-electron chi connectivity index (χ3n) is 2.40. The highest BCUT2D eigenvalue weighted by atomic mass is 79.9. The van der Waals surface area contributed by atoms with Crippen molar-refractivity contribution in [2.45, 2.75) is 6.54 Å². The number of pyridine rings is 1. The number of carbonyl (C=O) groups excluding carboxylic acids is 1. The Labute approximate surface area is 119 Å². The minimum atomic E-state index is -0.167. The molecule has 4 nitrogen and oxygen atoms in total. The second-order valence-electron chi connectivity index (χ2n) is 3.86. The van der Waals surface area contributed by atoms with Gasteiger partial charge in [0.2, 0.25) is 6.54 Å². The first kappa shape index (κ1) is 13.4. The molecule has 1 aromatic heterocycles. The van der Waals surface area contributed by atoms with Gasteiger partial charge in [-0.1, -0.05) is 40.2 Å². The van der Waals surface area contributed by atoms with E-state index in [-0.39, 0.29) is 12.5 Å². The summed E-state index contributed by atoms with van der Waals surface area (Å²) in [7, 11) is 0. The van der Waals surface area contributed by atoms with E-state index >= 15 is 0 Å². The number of nitrogens with zero attached hydrogens (tertiary/aromatic N) is 2. The van der Waals surface area contributed by atoms with Crippen LogP contribution in [-0.4, -0.2) is 12.1 Å². The summed E-state index contributed by atoms with van der Waals surface area (Å²) in [5, 5.41) is 3.93. The average molecular weight is 319 g/mol. The molecule has 0 aliphatic carbocycles. The maximum atomic E-state index is 11.6. The fourth-order valence-electron chi connectivity index (χ4n) is 1.49. The molecular formula is C14H13BrN3O+. The van der Waals surface area contributed by atoms with Crippen LogP contribution < -0.4 is 9.99 Å². The van der Waals surface area contributed by atoms with E-state index in [0.29, 0.717) is 0 Å². The van der Waals surface area contributed by atoms with Gasteiger partial charge in [-0.25, -0.2) is 5.43 Å². The molecule has 0 saturated carbocycles. The topological polar surface area (TPSA) is 45.3 Å². The van der Waals surface area contributed by atoms with Gasteiger partial charge in [0.25, 0.3) is 0 Å². The van der Waals surface area contributed by atoms with E-state index in [1.165, 1.54) is 0 Å². The van der Waals surface area contributed by atoms with Crippen molar-refractivity contribution in [2.24, 2.45) is 5.10 Å². The second kappa shape index (κ2) is 6.80. The first-order chi connectivity index (χ1) is 9.25. The lowest BCUT2D eigenvalue weighted by molar-refractivity contribution is -0.684. The van der Waals surface area contributed by atoms with Crippen LogP contribution in [0.4, 0.5) is 0 Å². The fourth-order valence-corrected chi connectivity index (χ4v) is 1.88. The monoisotopic (exact) mass is 318 g/mol. The lowest BCUT2D eigenvalue weighted by atomic mass is 10.2. The van der Waals surface area contributed by atoms with Crippen molar-refractivity contribution >= 4 is 28.1 Å². The Balaban J connectivity index is 1.89. The number of nitrogens with one attached hydrogen (secondary N) is 1. The first-order valence-electron chi connectivity index (χ1n) is 5.76. The van der Waals surface area contributed by atoms with Gasteiger partial charge in [0.05, 0.1) is 6.21 Å². The van der Waals surface area contributed by atoms with Crippen molar-refractivity contribution in [1.29, 1.82) is 0 Å². The first-order valence-corrected chi connectivity index (χ1v) is 6.55. The average Bonchev–Trinajstić information content (AvgIpc) is 2.42. The van der Waals surface area contributed by atoms with Crippen LogP contribution in [0.5, 0.6) is 0 Å². The molecule has 0 bridgehead atoms. The van der Waals surface area contributed by atoms with E-state index in [1.807, 2.05) is 54.9 Å². The Hall–Kier alpha value is -2.01. The van der Waals surface area contributed by atoms with E-state index in [2.05, 4.69) is 26.5 Å². The summed E-state index contributed by atoms with van der Waals surface area (Å²) in [4.78, 5) is 11.6. The number of rotatable bonds is 4. The van der Waals surface area contributed by atoms with Crippen LogP contribution in [0.2, 0.25) is 0 Å². The number of hydrogen-bond donors (Lipinski definition) is 1. The summed E-state index contributed by atoms with van der Waals surface area (Å²) in [5.74, 6) is -0.167. The van der Waals surface area contributed by atoms with Crippen molar-refractivity contribution in [3.8, 4) is 0 Å². The van der Waals surface area contributed by atoms with Crippen molar-refractivity contribution in [2.75, 3.05) is 0 Å². The summed E-state index contributed by atoms with van der Waals surface area (Å²) in [6, 6.07) is 13.3. The number of halogens is 1. The van der Waals surface area contributed by atoms with E-state index < -0.39 is 0 Å². The Morgan fingerprint density at radius 2 is 1.95 bits per heavy atom. The second-order valence-corrected chi connectivity index (χ2v) is 4.72. The van der Waals surface area contributed by atoms with Crippen LogP contribution >= 0.6 is 15.9 Å². The van der Waals surface area contributed by atoms with E-state index in [4.69, 9.17) is 0 Å². The predicted molar refractivity (Wildman–Crippen MR) is 76.5 cm³/mol. The molecule has 0 saturated heterocycles. The number of hydrazone groups is 1. The molecular weight excluding hydrogens is 306 g/mol. The number of hydrogen-bond acceptors (Lipinski definition) is 2. The van der Waals surface area contributed by atoms with Crippen LogP contribution in [0.1, 0.15) is 5.56 Å². The van der Waals surface area contributed by atoms with Gasteiger partial charge in [0.15, 0.2) is 12.4 Å². The molecule has 1 aromatic carbocycles. The molecule has 19 heavy (non-hydrogen) atoms. The van der Waals surface area contributed by atoms with Gasteiger partial charge in [-0.05, 0) is 6.07 Å². The minimum absolute atomic E-state index is 0.167. The minimum Gasteiger partial charge on any atom is -0.266 e. The van der Waals surface area contributed by atoms with Crippen LogP contribution in [0.25, 0.3) is 0 Å². The summed E-state index contributed by atoms with van der Waals surface area (Å²) in [6.07, 6.45) is 5.27. The van der Waals surface area contributed by atoms with Gasteiger partial charge < -0.3 is 0 Å². The molecule has 0 unspecified atom stereocenters. The van der Waals surface area contributed by atoms with E-state index in [1.54, 1.807) is 10.8 Å². The third kappa shape index (κ3) is 4.30. The fraction of sp³-hybridized carbons (Fsp3) is 0.0714. The quantitative estimate of drug-likeness (QED) is 0.522. The molecule has 1 amide bonds. The standard InChI is InChI=1S/C14H12BrN3O/c15-13-7-3-2-6-12(13)10-16-17-14(19)11-18-8-4-1-5-9-18/h1-10H,11H2/p+1/b16-10-. The smallest absolute Gasteiger partial charge is 0.266 e. The van der Waals surface area contributed by atoms with E-state index in [0.717, 1.165) is 10.0 Å². The molecule has 0 atom stereocenters. The summed E-state index contributed by atoms with van der Waals surface area (Å²) < 4.78 is 2.72. The molecule has 96 valence electrons. The Morgan fingerprint density at radius 1 is 1.21 bits per heavy atom.